The molecule has 0 fully saturated rings. The second-order valence-electron chi connectivity index (χ2n) is 15.4. The third-order valence-corrected chi connectivity index (χ3v) is 12.0. The van der Waals surface area contributed by atoms with Crippen molar-refractivity contribution in [3.8, 4) is 27.9 Å². The highest BCUT2D eigenvalue weighted by atomic mass is 16.3. The zero-order valence-corrected chi connectivity index (χ0v) is 29.6. The van der Waals surface area contributed by atoms with Crippen LogP contribution in [0.5, 0.6) is 0 Å². The Labute approximate surface area is 303 Å². The summed E-state index contributed by atoms with van der Waals surface area (Å²) in [6.07, 6.45) is 3.47. The predicted molar refractivity (Wildman–Crippen MR) is 218 cm³/mol. The number of hydrogen-bond donors (Lipinski definition) is 0. The van der Waals surface area contributed by atoms with Gasteiger partial charge >= 0.3 is 0 Å². The third-order valence-electron chi connectivity index (χ3n) is 12.0. The molecule has 2 heterocycles. The van der Waals surface area contributed by atoms with Gasteiger partial charge in [-0.15, -0.1) is 0 Å². The zero-order valence-electron chi connectivity index (χ0n) is 29.6. The van der Waals surface area contributed by atoms with Gasteiger partial charge in [-0.2, -0.15) is 0 Å². The quantitative estimate of drug-likeness (QED) is 0.183. The van der Waals surface area contributed by atoms with Gasteiger partial charge in [0.2, 0.25) is 0 Å². The van der Waals surface area contributed by atoms with Gasteiger partial charge in [0.15, 0.2) is 0 Å². The van der Waals surface area contributed by atoms with Gasteiger partial charge in [-0.05, 0) is 98.6 Å². The van der Waals surface area contributed by atoms with E-state index in [0.29, 0.717) is 5.92 Å². The summed E-state index contributed by atoms with van der Waals surface area (Å²) in [5, 5.41) is 6.23. The Hall–Kier alpha value is -6.12. The van der Waals surface area contributed by atoms with Crippen molar-refractivity contribution in [2.24, 2.45) is 0 Å². The van der Waals surface area contributed by atoms with E-state index in [1.54, 1.807) is 0 Å². The summed E-state index contributed by atoms with van der Waals surface area (Å²) in [4.78, 5) is 0. The molecular formula is C50H37NO. The molecule has 2 nitrogen and oxygen atoms in total. The molecule has 0 amide bonds. The SMILES string of the molecule is CC1CC(c2ccc3ccccc3c2)=Cc2c1n(-c1ccc3c(c1)C(C)(C)c1ccc4c(oc5ccccc54)c1-3)c1ccc(-c3ccccc3)cc21. The zero-order chi connectivity index (χ0) is 34.7. The molecule has 52 heavy (non-hydrogen) atoms. The minimum atomic E-state index is -0.174. The number of para-hydroxylation sites is 1. The maximum Gasteiger partial charge on any atom is 0.143 e. The molecule has 2 heteroatoms. The molecule has 0 saturated heterocycles. The Morgan fingerprint density at radius 1 is 0.615 bits per heavy atom. The first-order chi connectivity index (χ1) is 25.4. The number of hydrogen-bond acceptors (Lipinski definition) is 1. The van der Waals surface area contributed by atoms with Gasteiger partial charge in [0.25, 0.3) is 0 Å². The lowest BCUT2D eigenvalue weighted by atomic mass is 9.82. The summed E-state index contributed by atoms with van der Waals surface area (Å²) < 4.78 is 9.16. The molecule has 7 aromatic carbocycles. The van der Waals surface area contributed by atoms with Gasteiger partial charge in [0.1, 0.15) is 11.2 Å². The first kappa shape index (κ1) is 29.6. The third kappa shape index (κ3) is 4.12. The lowest BCUT2D eigenvalue weighted by Crippen LogP contribution is -2.16. The molecule has 0 bridgehead atoms. The smallest absolute Gasteiger partial charge is 0.143 e. The van der Waals surface area contributed by atoms with Crippen molar-refractivity contribution in [2.75, 3.05) is 0 Å². The molecule has 1 unspecified atom stereocenters. The normalized spacial score (nSPS) is 16.0. The molecule has 248 valence electrons. The van der Waals surface area contributed by atoms with Crippen LogP contribution in [0.4, 0.5) is 0 Å². The second kappa shape index (κ2) is 10.7. The molecule has 1 atom stereocenters. The topological polar surface area (TPSA) is 18.1 Å². The van der Waals surface area contributed by atoms with Gasteiger partial charge in [-0.25, -0.2) is 0 Å². The molecule has 0 radical (unpaired) electrons. The lowest BCUT2D eigenvalue weighted by Gasteiger charge is -2.25. The molecule has 0 spiro atoms. The Kier molecular flexibility index (Phi) is 6.09. The van der Waals surface area contributed by atoms with E-state index in [1.165, 1.54) is 93.9 Å². The van der Waals surface area contributed by atoms with E-state index in [0.717, 1.165) is 17.6 Å². The van der Waals surface area contributed by atoms with Crippen LogP contribution in [-0.2, 0) is 5.41 Å². The first-order valence-electron chi connectivity index (χ1n) is 18.5. The van der Waals surface area contributed by atoms with Gasteiger partial charge in [-0.3, -0.25) is 0 Å². The van der Waals surface area contributed by atoms with E-state index in [4.69, 9.17) is 4.42 Å². The van der Waals surface area contributed by atoms with Crippen molar-refractivity contribution in [1.29, 1.82) is 0 Å². The van der Waals surface area contributed by atoms with Crippen molar-refractivity contribution < 1.29 is 4.42 Å². The first-order valence-corrected chi connectivity index (χ1v) is 18.5. The van der Waals surface area contributed by atoms with Crippen molar-refractivity contribution in [3.63, 3.8) is 0 Å². The molecule has 2 aliphatic rings. The fourth-order valence-corrected chi connectivity index (χ4v) is 9.44. The van der Waals surface area contributed by atoms with Crippen LogP contribution in [0.3, 0.4) is 0 Å². The lowest BCUT2D eigenvalue weighted by molar-refractivity contribution is 0.652. The number of benzene rings is 7. The summed E-state index contributed by atoms with van der Waals surface area (Å²) in [5.74, 6) is 0.322. The maximum absolute atomic E-state index is 6.60. The van der Waals surface area contributed by atoms with Crippen LogP contribution in [0.25, 0.3) is 83.2 Å². The average Bonchev–Trinajstić information content (AvgIpc) is 3.80. The Morgan fingerprint density at radius 3 is 2.29 bits per heavy atom. The summed E-state index contributed by atoms with van der Waals surface area (Å²) in [5.41, 5.74) is 17.3. The van der Waals surface area contributed by atoms with Crippen molar-refractivity contribution in [3.05, 3.63) is 174 Å². The van der Waals surface area contributed by atoms with E-state index >= 15 is 0 Å². The molecule has 0 aliphatic heterocycles. The minimum absolute atomic E-state index is 0.174. The highest BCUT2D eigenvalue weighted by molar-refractivity contribution is 6.12. The predicted octanol–water partition coefficient (Wildman–Crippen LogP) is 13.7. The summed E-state index contributed by atoms with van der Waals surface area (Å²) in [6, 6.07) is 53.6. The molecule has 0 N–H and O–H groups in total. The summed E-state index contributed by atoms with van der Waals surface area (Å²) in [6.45, 7) is 7.14. The maximum atomic E-state index is 6.60. The molecule has 0 saturated carbocycles. The van der Waals surface area contributed by atoms with Crippen LogP contribution in [0.2, 0.25) is 0 Å². The van der Waals surface area contributed by atoms with Crippen LogP contribution in [0, 0.1) is 0 Å². The van der Waals surface area contributed by atoms with Crippen molar-refractivity contribution >= 4 is 55.3 Å². The standard InChI is InChI=1S/C50H37NO/c1-30-25-36(34-18-17-32-13-7-8-14-33(32)26-34)28-42-41-27-35(31-11-5-4-6-12-31)19-24-45(41)51(48(30)42)37-20-21-40-44(29-37)50(2,3)43-23-22-39-38-15-9-10-16-46(38)52-49(39)47(40)43/h4-24,26-30H,25H2,1-3H3. The monoisotopic (exact) mass is 667 g/mol. The van der Waals surface area contributed by atoms with Crippen LogP contribution < -0.4 is 0 Å². The Morgan fingerprint density at radius 2 is 1.40 bits per heavy atom. The highest BCUT2D eigenvalue weighted by Gasteiger charge is 2.38. The van der Waals surface area contributed by atoms with Crippen LogP contribution in [0.1, 0.15) is 61.1 Å². The second-order valence-corrected chi connectivity index (χ2v) is 15.4. The van der Waals surface area contributed by atoms with Gasteiger partial charge in [0, 0.05) is 50.0 Å². The van der Waals surface area contributed by atoms with E-state index in [9.17, 15) is 0 Å². The number of rotatable bonds is 3. The van der Waals surface area contributed by atoms with Gasteiger partial charge < -0.3 is 8.98 Å². The van der Waals surface area contributed by atoms with Crippen molar-refractivity contribution in [1.82, 2.24) is 4.57 Å². The number of nitrogens with zero attached hydrogens (tertiary/aromatic N) is 1. The van der Waals surface area contributed by atoms with E-state index in [1.807, 2.05) is 0 Å². The average molecular weight is 668 g/mol. The molecule has 11 rings (SSSR count). The Bertz CT molecular complexity index is 2970. The number of aromatic nitrogens is 1. The van der Waals surface area contributed by atoms with Gasteiger partial charge in [-0.1, -0.05) is 130 Å². The van der Waals surface area contributed by atoms with Crippen LogP contribution >= 0.6 is 0 Å². The fourth-order valence-electron chi connectivity index (χ4n) is 9.44. The van der Waals surface area contributed by atoms with Crippen molar-refractivity contribution in [2.45, 2.75) is 38.5 Å². The van der Waals surface area contributed by atoms with Crippen LogP contribution in [-0.4, -0.2) is 4.57 Å². The van der Waals surface area contributed by atoms with Gasteiger partial charge in [0.05, 0.1) is 5.52 Å². The minimum Gasteiger partial charge on any atom is -0.455 e. The molecule has 2 aliphatic carbocycles. The Balaban J connectivity index is 1.13. The molecular weight excluding hydrogens is 631 g/mol. The fraction of sp³-hybridized carbons (Fsp3) is 0.120. The summed E-state index contributed by atoms with van der Waals surface area (Å²) >= 11 is 0. The molecule has 2 aromatic heterocycles. The highest BCUT2D eigenvalue weighted by Crippen LogP contribution is 2.54. The van der Waals surface area contributed by atoms with E-state index < -0.39 is 0 Å². The largest absolute Gasteiger partial charge is 0.455 e. The number of allylic oxidation sites excluding steroid dienone is 1. The molecule has 9 aromatic rings. The number of furan rings is 1. The summed E-state index contributed by atoms with van der Waals surface area (Å²) in [7, 11) is 0. The van der Waals surface area contributed by atoms with E-state index in [-0.39, 0.29) is 5.41 Å². The number of fused-ring (bicyclic) bond motifs is 11. The van der Waals surface area contributed by atoms with E-state index in [2.05, 4.69) is 177 Å². The van der Waals surface area contributed by atoms with Crippen LogP contribution in [0.15, 0.2) is 150 Å².